The molecule has 0 radical (unpaired) electrons. The molecule has 4 nitrogen and oxygen atoms in total. The van der Waals surface area contributed by atoms with Gasteiger partial charge in [-0.2, -0.15) is 0 Å². The molecule has 0 bridgehead atoms. The minimum absolute atomic E-state index is 0.0117. The van der Waals surface area contributed by atoms with Crippen LogP contribution in [0.25, 0.3) is 11.1 Å². The molecule has 0 heterocycles. The van der Waals surface area contributed by atoms with Gasteiger partial charge in [0.05, 0.1) is 11.1 Å². The number of halogens is 1. The van der Waals surface area contributed by atoms with E-state index < -0.39 is 23.3 Å². The van der Waals surface area contributed by atoms with Gasteiger partial charge in [0, 0.05) is 5.56 Å². The van der Waals surface area contributed by atoms with E-state index >= 15 is 0 Å². The molecule has 0 fully saturated rings. The van der Waals surface area contributed by atoms with Gasteiger partial charge in [-0.15, -0.1) is 0 Å². The number of carbonyl (C=O) groups is 2. The highest BCUT2D eigenvalue weighted by Gasteiger charge is 2.15. The molecular formula is C14H9FO4. The Morgan fingerprint density at radius 1 is 0.947 bits per heavy atom. The van der Waals surface area contributed by atoms with E-state index in [1.165, 1.54) is 36.4 Å². The maximum Gasteiger partial charge on any atom is 0.338 e. The largest absolute Gasteiger partial charge is 0.478 e. The maximum atomic E-state index is 14.0. The van der Waals surface area contributed by atoms with E-state index in [-0.39, 0.29) is 11.1 Å². The molecule has 0 aliphatic heterocycles. The third-order valence-electron chi connectivity index (χ3n) is 2.65. The lowest BCUT2D eigenvalue weighted by atomic mass is 10.0. The first kappa shape index (κ1) is 12.8. The van der Waals surface area contributed by atoms with Gasteiger partial charge in [0.15, 0.2) is 0 Å². The minimum Gasteiger partial charge on any atom is -0.478 e. The highest BCUT2D eigenvalue weighted by Crippen LogP contribution is 2.25. The summed E-state index contributed by atoms with van der Waals surface area (Å²) >= 11 is 0. The number of carboxylic acids is 2. The number of hydrogen-bond donors (Lipinski definition) is 2. The van der Waals surface area contributed by atoms with Crippen LogP contribution in [0.4, 0.5) is 4.39 Å². The van der Waals surface area contributed by atoms with Crippen LogP contribution in [0.3, 0.4) is 0 Å². The Kier molecular flexibility index (Phi) is 3.29. The molecule has 0 saturated carbocycles. The van der Waals surface area contributed by atoms with E-state index in [9.17, 15) is 14.0 Å². The highest BCUT2D eigenvalue weighted by atomic mass is 19.1. The normalized spacial score (nSPS) is 10.2. The van der Waals surface area contributed by atoms with Crippen molar-refractivity contribution in [3.8, 4) is 11.1 Å². The summed E-state index contributed by atoms with van der Waals surface area (Å²) in [5, 5.41) is 17.7. The maximum absolute atomic E-state index is 14.0. The Labute approximate surface area is 107 Å². The van der Waals surface area contributed by atoms with Crippen molar-refractivity contribution in [3.63, 3.8) is 0 Å². The lowest BCUT2D eigenvalue weighted by Gasteiger charge is -2.06. The quantitative estimate of drug-likeness (QED) is 0.889. The van der Waals surface area contributed by atoms with E-state index in [1.54, 1.807) is 0 Å². The molecule has 0 aliphatic carbocycles. The van der Waals surface area contributed by atoms with Crippen LogP contribution in [-0.4, -0.2) is 22.2 Å². The standard InChI is InChI=1S/C14H9FO4/c15-12-10(5-2-6-11(12)14(18)19)8-3-1-4-9(7-8)13(16)17/h1-7H,(H,16,17)(H,18,19). The van der Waals surface area contributed by atoms with Crippen molar-refractivity contribution in [1.29, 1.82) is 0 Å². The van der Waals surface area contributed by atoms with E-state index in [1.807, 2.05) is 0 Å². The van der Waals surface area contributed by atoms with Crippen LogP contribution in [0.1, 0.15) is 20.7 Å². The fourth-order valence-electron chi connectivity index (χ4n) is 1.74. The van der Waals surface area contributed by atoms with Crippen LogP contribution < -0.4 is 0 Å². The molecule has 0 aliphatic rings. The molecule has 5 heteroatoms. The van der Waals surface area contributed by atoms with Crippen LogP contribution in [0, 0.1) is 5.82 Å². The second kappa shape index (κ2) is 4.89. The van der Waals surface area contributed by atoms with Crippen molar-refractivity contribution in [2.24, 2.45) is 0 Å². The van der Waals surface area contributed by atoms with E-state index in [0.29, 0.717) is 5.56 Å². The van der Waals surface area contributed by atoms with Crippen molar-refractivity contribution in [3.05, 3.63) is 59.4 Å². The molecule has 2 rings (SSSR count). The van der Waals surface area contributed by atoms with Crippen molar-refractivity contribution >= 4 is 11.9 Å². The number of carboxylic acid groups (broad SMARTS) is 2. The zero-order chi connectivity index (χ0) is 14.0. The summed E-state index contributed by atoms with van der Waals surface area (Å²) in [6, 6.07) is 9.65. The second-order valence-corrected chi connectivity index (χ2v) is 3.86. The Hall–Kier alpha value is -2.69. The third-order valence-corrected chi connectivity index (χ3v) is 2.65. The van der Waals surface area contributed by atoms with E-state index in [4.69, 9.17) is 10.2 Å². The second-order valence-electron chi connectivity index (χ2n) is 3.86. The van der Waals surface area contributed by atoms with Crippen LogP contribution in [0.5, 0.6) is 0 Å². The molecule has 2 N–H and O–H groups in total. The van der Waals surface area contributed by atoms with Gasteiger partial charge in [-0.05, 0) is 23.8 Å². The first-order valence-electron chi connectivity index (χ1n) is 5.36. The van der Waals surface area contributed by atoms with Crippen LogP contribution in [0.15, 0.2) is 42.5 Å². The van der Waals surface area contributed by atoms with Crippen LogP contribution >= 0.6 is 0 Å². The van der Waals surface area contributed by atoms with Gasteiger partial charge in [0.2, 0.25) is 0 Å². The van der Waals surface area contributed by atoms with Crippen molar-refractivity contribution in [1.82, 2.24) is 0 Å². The molecule has 96 valence electrons. The Bertz CT molecular complexity index is 664. The highest BCUT2D eigenvalue weighted by molar-refractivity contribution is 5.91. The average molecular weight is 260 g/mol. The minimum atomic E-state index is -1.37. The molecule has 0 unspecified atom stereocenters. The van der Waals surface area contributed by atoms with E-state index in [0.717, 1.165) is 6.07 Å². The zero-order valence-corrected chi connectivity index (χ0v) is 9.63. The molecular weight excluding hydrogens is 251 g/mol. The monoisotopic (exact) mass is 260 g/mol. The molecule has 0 saturated heterocycles. The summed E-state index contributed by atoms with van der Waals surface area (Å²) in [6.45, 7) is 0. The summed E-state index contributed by atoms with van der Waals surface area (Å²) in [5.74, 6) is -3.37. The lowest BCUT2D eigenvalue weighted by Crippen LogP contribution is -2.02. The first-order chi connectivity index (χ1) is 9.00. The Morgan fingerprint density at radius 3 is 2.26 bits per heavy atom. The summed E-state index contributed by atoms with van der Waals surface area (Å²) < 4.78 is 14.0. The number of benzene rings is 2. The van der Waals surface area contributed by atoms with Crippen molar-refractivity contribution in [2.45, 2.75) is 0 Å². The Balaban J connectivity index is 2.59. The summed E-state index contributed by atoms with van der Waals surface area (Å²) in [4.78, 5) is 21.7. The van der Waals surface area contributed by atoms with Gasteiger partial charge in [0.25, 0.3) is 0 Å². The van der Waals surface area contributed by atoms with Gasteiger partial charge in [0.1, 0.15) is 5.82 Å². The zero-order valence-electron chi connectivity index (χ0n) is 9.63. The predicted molar refractivity (Wildman–Crippen MR) is 65.8 cm³/mol. The topological polar surface area (TPSA) is 74.6 Å². The molecule has 19 heavy (non-hydrogen) atoms. The fourth-order valence-corrected chi connectivity index (χ4v) is 1.74. The number of rotatable bonds is 3. The van der Waals surface area contributed by atoms with Gasteiger partial charge < -0.3 is 10.2 Å². The smallest absolute Gasteiger partial charge is 0.338 e. The number of hydrogen-bond acceptors (Lipinski definition) is 2. The van der Waals surface area contributed by atoms with E-state index in [2.05, 4.69) is 0 Å². The van der Waals surface area contributed by atoms with Gasteiger partial charge in [-0.25, -0.2) is 14.0 Å². The van der Waals surface area contributed by atoms with Crippen LogP contribution in [0.2, 0.25) is 0 Å². The third kappa shape index (κ3) is 2.44. The SMILES string of the molecule is O=C(O)c1cccc(-c2cccc(C(=O)O)c2F)c1. The summed E-state index contributed by atoms with van der Waals surface area (Å²) in [7, 11) is 0. The molecule has 0 amide bonds. The summed E-state index contributed by atoms with van der Waals surface area (Å²) in [5.41, 5.74) is -0.0562. The summed E-state index contributed by atoms with van der Waals surface area (Å²) in [6.07, 6.45) is 0. The van der Waals surface area contributed by atoms with Gasteiger partial charge in [-0.1, -0.05) is 24.3 Å². The average Bonchev–Trinajstić information content (AvgIpc) is 2.38. The van der Waals surface area contributed by atoms with Gasteiger partial charge >= 0.3 is 11.9 Å². The molecule has 0 spiro atoms. The lowest BCUT2D eigenvalue weighted by molar-refractivity contribution is 0.0683. The molecule has 2 aromatic rings. The van der Waals surface area contributed by atoms with Gasteiger partial charge in [-0.3, -0.25) is 0 Å². The first-order valence-corrected chi connectivity index (χ1v) is 5.36. The van der Waals surface area contributed by atoms with Crippen molar-refractivity contribution < 1.29 is 24.2 Å². The molecule has 0 atom stereocenters. The fraction of sp³-hybridized carbons (Fsp3) is 0. The molecule has 0 aromatic heterocycles. The van der Waals surface area contributed by atoms with Crippen molar-refractivity contribution in [2.75, 3.05) is 0 Å². The van der Waals surface area contributed by atoms with Crippen LogP contribution in [-0.2, 0) is 0 Å². The molecule has 2 aromatic carbocycles. The Morgan fingerprint density at radius 2 is 1.63 bits per heavy atom. The predicted octanol–water partition coefficient (Wildman–Crippen LogP) is 2.89. The number of aromatic carboxylic acids is 2.